The topological polar surface area (TPSA) is 51.4 Å². The van der Waals surface area contributed by atoms with Crippen LogP contribution in [0, 0.1) is 11.8 Å². The second-order valence-electron chi connectivity index (χ2n) is 9.30. The second kappa shape index (κ2) is 7.78. The van der Waals surface area contributed by atoms with Gasteiger partial charge in [-0.15, -0.1) is 18.3 Å². The van der Waals surface area contributed by atoms with Gasteiger partial charge in [-0.25, -0.2) is 0 Å². The lowest BCUT2D eigenvalue weighted by Gasteiger charge is -2.43. The first-order chi connectivity index (χ1) is 16.0. The van der Waals surface area contributed by atoms with E-state index < -0.39 is 6.36 Å². The van der Waals surface area contributed by atoms with E-state index in [9.17, 15) is 13.2 Å². The molecule has 0 N–H and O–H groups in total. The van der Waals surface area contributed by atoms with Gasteiger partial charge >= 0.3 is 12.4 Å². The molecule has 2 aromatic carbocycles. The molecular formula is C25H24F3N3O2. The molecule has 0 spiro atoms. The Kier molecular flexibility index (Phi) is 4.85. The SMILES string of the molecule is FC(F)(F)Oc1ccc(Cc2nnc(N3c4ccccc4C(C4CC4)[C@H]4CCC[C@H]43)o2)cc1. The van der Waals surface area contributed by atoms with Crippen molar-refractivity contribution in [3.05, 3.63) is 65.5 Å². The minimum absolute atomic E-state index is 0.250. The number of hydrogen-bond donors (Lipinski definition) is 0. The number of halogens is 3. The molecule has 2 aliphatic carbocycles. The van der Waals surface area contributed by atoms with Crippen LogP contribution in [0.4, 0.5) is 24.9 Å². The van der Waals surface area contributed by atoms with Crippen molar-refractivity contribution in [1.82, 2.24) is 10.2 Å². The van der Waals surface area contributed by atoms with E-state index in [0.29, 0.717) is 36.2 Å². The van der Waals surface area contributed by atoms with Gasteiger partial charge in [-0.3, -0.25) is 4.90 Å². The van der Waals surface area contributed by atoms with Crippen molar-refractivity contribution in [2.24, 2.45) is 11.8 Å². The van der Waals surface area contributed by atoms with Crippen LogP contribution < -0.4 is 9.64 Å². The van der Waals surface area contributed by atoms with Gasteiger partial charge in [-0.2, -0.15) is 0 Å². The van der Waals surface area contributed by atoms with Crippen molar-refractivity contribution in [1.29, 1.82) is 0 Å². The van der Waals surface area contributed by atoms with E-state index >= 15 is 0 Å². The lowest BCUT2D eigenvalue weighted by Crippen LogP contribution is -2.42. The molecule has 0 radical (unpaired) electrons. The van der Waals surface area contributed by atoms with Crippen molar-refractivity contribution in [3.63, 3.8) is 0 Å². The number of rotatable bonds is 5. The summed E-state index contributed by atoms with van der Waals surface area (Å²) >= 11 is 0. The van der Waals surface area contributed by atoms with Gasteiger partial charge in [0.05, 0.1) is 6.42 Å². The zero-order valence-electron chi connectivity index (χ0n) is 18.0. The van der Waals surface area contributed by atoms with Crippen molar-refractivity contribution in [2.45, 2.75) is 56.8 Å². The molecule has 0 bridgehead atoms. The first-order valence-corrected chi connectivity index (χ1v) is 11.5. The van der Waals surface area contributed by atoms with Crippen LogP contribution in [-0.2, 0) is 6.42 Å². The number of ether oxygens (including phenoxy) is 1. The third kappa shape index (κ3) is 3.96. The molecule has 5 nitrogen and oxygen atoms in total. The standard InChI is InChI=1S/C25H24F3N3O2/c26-25(27,28)33-17-12-8-15(9-13-17)14-22-29-30-24(32-22)31-20-6-2-1-4-18(20)23(16-10-11-16)19-5-3-7-21(19)31/h1-2,4,6,8-9,12-13,16,19,21,23H,3,5,7,10-11,14H2/t19-,21+,23?/m0/s1. The first-order valence-electron chi connectivity index (χ1n) is 11.5. The molecule has 33 heavy (non-hydrogen) atoms. The largest absolute Gasteiger partial charge is 0.573 e. The predicted octanol–water partition coefficient (Wildman–Crippen LogP) is 6.37. The lowest BCUT2D eigenvalue weighted by atomic mass is 9.75. The van der Waals surface area contributed by atoms with Gasteiger partial charge in [-0.05, 0) is 72.8 Å². The van der Waals surface area contributed by atoms with Crippen LogP contribution in [-0.4, -0.2) is 22.6 Å². The van der Waals surface area contributed by atoms with E-state index in [0.717, 1.165) is 17.9 Å². The molecule has 1 aromatic heterocycles. The van der Waals surface area contributed by atoms with Crippen molar-refractivity contribution in [3.8, 4) is 5.75 Å². The molecule has 3 aromatic rings. The molecule has 0 saturated heterocycles. The summed E-state index contributed by atoms with van der Waals surface area (Å²) in [6, 6.07) is 15.2. The highest BCUT2D eigenvalue weighted by molar-refractivity contribution is 5.66. The summed E-state index contributed by atoms with van der Waals surface area (Å²) in [5.74, 6) is 2.20. The van der Waals surface area contributed by atoms with Crippen LogP contribution in [0.2, 0.25) is 0 Å². The normalized spacial score (nSPS) is 24.5. The third-order valence-electron chi connectivity index (χ3n) is 7.18. The van der Waals surface area contributed by atoms with E-state index in [1.807, 2.05) is 0 Å². The molecule has 3 aliphatic rings. The van der Waals surface area contributed by atoms with Gasteiger partial charge < -0.3 is 9.15 Å². The van der Waals surface area contributed by atoms with Crippen LogP contribution >= 0.6 is 0 Å². The summed E-state index contributed by atoms with van der Waals surface area (Å²) in [6.45, 7) is 0. The van der Waals surface area contributed by atoms with Gasteiger partial charge in [-0.1, -0.05) is 41.9 Å². The molecule has 2 saturated carbocycles. The molecular weight excluding hydrogens is 431 g/mol. The minimum atomic E-state index is -4.70. The average Bonchev–Trinajstić information content (AvgIpc) is 3.32. The van der Waals surface area contributed by atoms with Gasteiger partial charge in [0.25, 0.3) is 0 Å². The van der Waals surface area contributed by atoms with Crippen LogP contribution in [0.1, 0.15) is 55.0 Å². The quantitative estimate of drug-likeness (QED) is 0.447. The smallest absolute Gasteiger partial charge is 0.407 e. The molecule has 3 atom stereocenters. The highest BCUT2D eigenvalue weighted by Gasteiger charge is 2.50. The molecule has 2 heterocycles. The molecule has 1 aliphatic heterocycles. The van der Waals surface area contributed by atoms with Crippen LogP contribution in [0.3, 0.4) is 0 Å². The van der Waals surface area contributed by atoms with Crippen LogP contribution in [0.15, 0.2) is 52.9 Å². The molecule has 8 heteroatoms. The summed E-state index contributed by atoms with van der Waals surface area (Å²) in [5, 5.41) is 8.64. The van der Waals surface area contributed by atoms with Crippen LogP contribution in [0.5, 0.6) is 5.75 Å². The maximum Gasteiger partial charge on any atom is 0.573 e. The Morgan fingerprint density at radius 3 is 2.52 bits per heavy atom. The predicted molar refractivity (Wildman–Crippen MR) is 115 cm³/mol. The van der Waals surface area contributed by atoms with Gasteiger partial charge in [0, 0.05) is 11.7 Å². The Labute approximate surface area is 189 Å². The number of anilines is 2. The summed E-state index contributed by atoms with van der Waals surface area (Å²) in [7, 11) is 0. The van der Waals surface area contributed by atoms with Crippen LogP contribution in [0.25, 0.3) is 0 Å². The van der Waals surface area contributed by atoms with Gasteiger partial charge in [0.15, 0.2) is 0 Å². The zero-order chi connectivity index (χ0) is 22.6. The fourth-order valence-corrected chi connectivity index (χ4v) is 5.81. The van der Waals surface area contributed by atoms with E-state index in [-0.39, 0.29) is 5.75 Å². The van der Waals surface area contributed by atoms with E-state index in [4.69, 9.17) is 4.42 Å². The third-order valence-corrected chi connectivity index (χ3v) is 7.18. The summed E-state index contributed by atoms with van der Waals surface area (Å²) in [6.07, 6.45) is 1.82. The Hall–Kier alpha value is -3.03. The lowest BCUT2D eigenvalue weighted by molar-refractivity contribution is -0.274. The molecule has 0 amide bonds. The zero-order valence-corrected chi connectivity index (χ0v) is 18.0. The molecule has 2 fully saturated rings. The average molecular weight is 455 g/mol. The Balaban J connectivity index is 1.26. The molecule has 1 unspecified atom stereocenters. The summed E-state index contributed by atoms with van der Waals surface area (Å²) < 4.78 is 47.2. The van der Waals surface area contributed by atoms with E-state index in [2.05, 4.69) is 44.1 Å². The fourth-order valence-electron chi connectivity index (χ4n) is 5.81. The highest BCUT2D eigenvalue weighted by Crippen LogP contribution is 2.58. The second-order valence-corrected chi connectivity index (χ2v) is 9.30. The molecule has 6 rings (SSSR count). The van der Waals surface area contributed by atoms with E-state index in [1.165, 1.54) is 49.1 Å². The maximum absolute atomic E-state index is 12.4. The number of hydrogen-bond acceptors (Lipinski definition) is 5. The summed E-state index contributed by atoms with van der Waals surface area (Å²) in [4.78, 5) is 2.24. The number of alkyl halides is 3. The highest BCUT2D eigenvalue weighted by atomic mass is 19.4. The minimum Gasteiger partial charge on any atom is -0.407 e. The number of nitrogens with zero attached hydrogens (tertiary/aromatic N) is 3. The number of benzene rings is 2. The summed E-state index contributed by atoms with van der Waals surface area (Å²) in [5.41, 5.74) is 3.33. The Morgan fingerprint density at radius 1 is 0.970 bits per heavy atom. The Morgan fingerprint density at radius 2 is 1.76 bits per heavy atom. The maximum atomic E-state index is 12.4. The van der Waals surface area contributed by atoms with Crippen molar-refractivity contribution < 1.29 is 22.3 Å². The Bertz CT molecular complexity index is 1140. The number of aromatic nitrogens is 2. The fraction of sp³-hybridized carbons (Fsp3) is 0.440. The monoisotopic (exact) mass is 455 g/mol. The van der Waals surface area contributed by atoms with Gasteiger partial charge in [0.1, 0.15) is 5.75 Å². The van der Waals surface area contributed by atoms with Crippen molar-refractivity contribution >= 4 is 11.7 Å². The van der Waals surface area contributed by atoms with E-state index in [1.54, 1.807) is 12.1 Å². The van der Waals surface area contributed by atoms with Crippen molar-refractivity contribution in [2.75, 3.05) is 4.90 Å². The molecule has 172 valence electrons. The van der Waals surface area contributed by atoms with Gasteiger partial charge in [0.2, 0.25) is 5.89 Å². The first kappa shape index (κ1) is 20.6. The number of para-hydroxylation sites is 1. The number of fused-ring (bicyclic) bond motifs is 2.